The minimum Gasteiger partial charge on any atom is -0.487 e. The van der Waals surface area contributed by atoms with E-state index in [-0.39, 0.29) is 18.0 Å². The van der Waals surface area contributed by atoms with Gasteiger partial charge in [0.1, 0.15) is 18.1 Å². The highest BCUT2D eigenvalue weighted by Crippen LogP contribution is 2.20. The lowest BCUT2D eigenvalue weighted by Gasteiger charge is -2.06. The molecule has 0 radical (unpaired) electrons. The van der Waals surface area contributed by atoms with Gasteiger partial charge in [0.15, 0.2) is 0 Å². The zero-order valence-corrected chi connectivity index (χ0v) is 10.2. The molecule has 0 aliphatic heterocycles. The van der Waals surface area contributed by atoms with Crippen molar-refractivity contribution >= 4 is 11.7 Å². The van der Waals surface area contributed by atoms with E-state index in [2.05, 4.69) is 4.98 Å². The number of carbonyl (C=O) groups is 1. The van der Waals surface area contributed by atoms with Crippen LogP contribution in [0, 0.1) is 10.1 Å². The van der Waals surface area contributed by atoms with Crippen LogP contribution in [0.2, 0.25) is 0 Å². The summed E-state index contributed by atoms with van der Waals surface area (Å²) in [5, 5.41) is 19.5. The van der Waals surface area contributed by atoms with Crippen LogP contribution >= 0.6 is 0 Å². The fourth-order valence-corrected chi connectivity index (χ4v) is 1.56. The molecular weight excluding hydrogens is 264 g/mol. The first-order chi connectivity index (χ1) is 9.58. The number of nitro groups is 1. The quantitative estimate of drug-likeness (QED) is 0.662. The number of hydrogen-bond acceptors (Lipinski definition) is 5. The molecule has 1 heterocycles. The smallest absolute Gasteiger partial charge is 0.354 e. The van der Waals surface area contributed by atoms with Crippen LogP contribution in [0.4, 0.5) is 5.69 Å². The van der Waals surface area contributed by atoms with Crippen molar-refractivity contribution in [3.05, 3.63) is 64.0 Å². The van der Waals surface area contributed by atoms with Crippen molar-refractivity contribution in [1.82, 2.24) is 4.98 Å². The van der Waals surface area contributed by atoms with E-state index in [1.54, 1.807) is 18.2 Å². The molecule has 0 saturated carbocycles. The summed E-state index contributed by atoms with van der Waals surface area (Å²) in [4.78, 5) is 24.7. The van der Waals surface area contributed by atoms with Gasteiger partial charge in [-0.15, -0.1) is 0 Å². The van der Waals surface area contributed by atoms with Gasteiger partial charge in [0.25, 0.3) is 5.69 Å². The molecule has 0 fully saturated rings. The maximum atomic E-state index is 10.8. The first kappa shape index (κ1) is 13.5. The molecule has 1 N–H and O–H groups in total. The summed E-state index contributed by atoms with van der Waals surface area (Å²) in [6, 6.07) is 8.99. The maximum absolute atomic E-state index is 10.8. The lowest BCUT2D eigenvalue weighted by molar-refractivity contribution is -0.385. The van der Waals surface area contributed by atoms with Gasteiger partial charge in [0, 0.05) is 6.07 Å². The number of aromatic nitrogens is 1. The van der Waals surface area contributed by atoms with E-state index < -0.39 is 10.9 Å². The van der Waals surface area contributed by atoms with E-state index in [1.165, 1.54) is 24.4 Å². The minimum absolute atomic E-state index is 0.00521. The Morgan fingerprint density at radius 2 is 2.05 bits per heavy atom. The summed E-state index contributed by atoms with van der Waals surface area (Å²) >= 11 is 0. The predicted octanol–water partition coefficient (Wildman–Crippen LogP) is 2.27. The van der Waals surface area contributed by atoms with Gasteiger partial charge in [-0.3, -0.25) is 10.1 Å². The molecule has 0 aliphatic rings. The van der Waals surface area contributed by atoms with Gasteiger partial charge < -0.3 is 9.84 Å². The van der Waals surface area contributed by atoms with E-state index in [0.29, 0.717) is 11.3 Å². The number of carboxylic acid groups (broad SMARTS) is 1. The second kappa shape index (κ2) is 5.79. The summed E-state index contributed by atoms with van der Waals surface area (Å²) < 4.78 is 5.36. The molecule has 7 heteroatoms. The second-order valence-corrected chi connectivity index (χ2v) is 3.86. The highest BCUT2D eigenvalue weighted by atomic mass is 16.6. The highest BCUT2D eigenvalue weighted by molar-refractivity contribution is 5.85. The van der Waals surface area contributed by atoms with E-state index >= 15 is 0 Å². The molecule has 1 aromatic carbocycles. The van der Waals surface area contributed by atoms with Gasteiger partial charge in [-0.2, -0.15) is 0 Å². The third kappa shape index (κ3) is 3.08. The van der Waals surface area contributed by atoms with Crippen molar-refractivity contribution in [2.24, 2.45) is 0 Å². The minimum atomic E-state index is -1.13. The molecule has 0 spiro atoms. The molecule has 0 amide bonds. The topological polar surface area (TPSA) is 103 Å². The molecule has 2 rings (SSSR count). The predicted molar refractivity (Wildman–Crippen MR) is 68.6 cm³/mol. The Hall–Kier alpha value is -2.96. The summed E-state index contributed by atoms with van der Waals surface area (Å²) in [6.45, 7) is 0.00521. The Morgan fingerprint density at radius 3 is 2.65 bits per heavy atom. The van der Waals surface area contributed by atoms with Gasteiger partial charge in [-0.1, -0.05) is 12.1 Å². The Kier molecular flexibility index (Phi) is 3.90. The van der Waals surface area contributed by atoms with E-state index in [0.717, 1.165) is 0 Å². The van der Waals surface area contributed by atoms with Gasteiger partial charge in [-0.05, 0) is 18.2 Å². The number of hydrogen-bond donors (Lipinski definition) is 1. The standard InChI is InChI=1S/C13H10N2O5/c16-13(17)11-6-5-10(7-14-11)20-8-9-3-1-2-4-12(9)15(18)19/h1-7H,8H2,(H,16,17). The number of para-hydroxylation sites is 1. The van der Waals surface area contributed by atoms with Crippen molar-refractivity contribution in [3.8, 4) is 5.75 Å². The Bertz CT molecular complexity index is 639. The number of aromatic carboxylic acids is 1. The van der Waals surface area contributed by atoms with Crippen molar-refractivity contribution in [3.63, 3.8) is 0 Å². The number of benzene rings is 1. The molecule has 0 aliphatic carbocycles. The molecule has 20 heavy (non-hydrogen) atoms. The number of nitrogens with zero attached hydrogens (tertiary/aromatic N) is 2. The van der Waals surface area contributed by atoms with E-state index in [1.807, 2.05) is 0 Å². The van der Waals surface area contributed by atoms with Crippen molar-refractivity contribution in [1.29, 1.82) is 0 Å². The first-order valence-corrected chi connectivity index (χ1v) is 5.62. The van der Waals surface area contributed by atoms with Gasteiger partial charge >= 0.3 is 5.97 Å². The zero-order valence-electron chi connectivity index (χ0n) is 10.2. The number of ether oxygens (including phenoxy) is 1. The Balaban J connectivity index is 2.09. The molecule has 102 valence electrons. The van der Waals surface area contributed by atoms with Gasteiger partial charge in [0.2, 0.25) is 0 Å². The van der Waals surface area contributed by atoms with Crippen LogP contribution in [-0.2, 0) is 6.61 Å². The molecule has 2 aromatic rings. The summed E-state index contributed by atoms with van der Waals surface area (Å²) in [5.74, 6) is -0.789. The first-order valence-electron chi connectivity index (χ1n) is 5.62. The third-order valence-corrected chi connectivity index (χ3v) is 2.54. The van der Waals surface area contributed by atoms with E-state index in [9.17, 15) is 14.9 Å². The maximum Gasteiger partial charge on any atom is 0.354 e. The largest absolute Gasteiger partial charge is 0.487 e. The average Bonchev–Trinajstić information content (AvgIpc) is 2.45. The van der Waals surface area contributed by atoms with Crippen LogP contribution in [0.5, 0.6) is 5.75 Å². The Morgan fingerprint density at radius 1 is 1.30 bits per heavy atom. The number of pyridine rings is 1. The van der Waals surface area contributed by atoms with Gasteiger partial charge in [-0.25, -0.2) is 9.78 Å². The molecule has 0 bridgehead atoms. The molecule has 0 unspecified atom stereocenters. The van der Waals surface area contributed by atoms with Crippen LogP contribution in [0.25, 0.3) is 0 Å². The van der Waals surface area contributed by atoms with Crippen LogP contribution < -0.4 is 4.74 Å². The molecule has 7 nitrogen and oxygen atoms in total. The SMILES string of the molecule is O=C(O)c1ccc(OCc2ccccc2[N+](=O)[O-])cn1. The lowest BCUT2D eigenvalue weighted by atomic mass is 10.2. The monoisotopic (exact) mass is 274 g/mol. The van der Waals surface area contributed by atoms with Gasteiger partial charge in [0.05, 0.1) is 16.7 Å². The highest BCUT2D eigenvalue weighted by Gasteiger charge is 2.12. The molecular formula is C13H10N2O5. The van der Waals surface area contributed by atoms with Crippen LogP contribution in [-0.4, -0.2) is 21.0 Å². The molecule has 0 atom stereocenters. The molecule has 1 aromatic heterocycles. The number of rotatable bonds is 5. The van der Waals surface area contributed by atoms with Crippen LogP contribution in [0.15, 0.2) is 42.6 Å². The number of nitro benzene ring substituents is 1. The van der Waals surface area contributed by atoms with Crippen molar-refractivity contribution < 1.29 is 19.6 Å². The lowest BCUT2D eigenvalue weighted by Crippen LogP contribution is -2.02. The average molecular weight is 274 g/mol. The van der Waals surface area contributed by atoms with Crippen molar-refractivity contribution in [2.45, 2.75) is 6.61 Å². The molecule has 0 saturated heterocycles. The fourth-order valence-electron chi connectivity index (χ4n) is 1.56. The summed E-state index contributed by atoms with van der Waals surface area (Å²) in [6.07, 6.45) is 1.26. The number of carboxylic acids is 1. The second-order valence-electron chi connectivity index (χ2n) is 3.86. The zero-order chi connectivity index (χ0) is 14.5. The normalized spacial score (nSPS) is 10.0. The third-order valence-electron chi connectivity index (χ3n) is 2.54. The summed E-state index contributed by atoms with van der Waals surface area (Å²) in [7, 11) is 0. The van der Waals surface area contributed by atoms with Crippen LogP contribution in [0.3, 0.4) is 0 Å². The summed E-state index contributed by atoms with van der Waals surface area (Å²) in [5.41, 5.74) is 0.311. The van der Waals surface area contributed by atoms with E-state index in [4.69, 9.17) is 9.84 Å². The Labute approximate surface area is 113 Å². The van der Waals surface area contributed by atoms with Crippen molar-refractivity contribution in [2.75, 3.05) is 0 Å². The fraction of sp³-hybridized carbons (Fsp3) is 0.0769. The van der Waals surface area contributed by atoms with Crippen LogP contribution in [0.1, 0.15) is 16.1 Å².